The molecule has 0 amide bonds. The molecule has 1 aliphatic carbocycles. The van der Waals surface area contributed by atoms with Crippen LogP contribution in [0.15, 0.2) is 53.8 Å². The van der Waals surface area contributed by atoms with Crippen molar-refractivity contribution < 1.29 is 5.11 Å². The van der Waals surface area contributed by atoms with Gasteiger partial charge in [0.25, 0.3) is 0 Å². The average Bonchev–Trinajstić information content (AvgIpc) is 3.28. The summed E-state index contributed by atoms with van der Waals surface area (Å²) in [5.74, 6) is 0.899. The third kappa shape index (κ3) is 2.96. The molecule has 24 heavy (non-hydrogen) atoms. The van der Waals surface area contributed by atoms with E-state index in [1.54, 1.807) is 11.8 Å². The van der Waals surface area contributed by atoms with Crippen LogP contribution in [-0.2, 0) is 12.4 Å². The van der Waals surface area contributed by atoms with Crippen molar-refractivity contribution in [3.05, 3.63) is 59.9 Å². The number of aromatic nitrogens is 2. The largest absolute Gasteiger partial charge is 0.390 e. The first kappa shape index (κ1) is 15.7. The highest BCUT2D eigenvalue weighted by molar-refractivity contribution is 7.98. The number of fused-ring (bicyclic) bond motifs is 1. The predicted octanol–water partition coefficient (Wildman–Crippen LogP) is 4.94. The summed E-state index contributed by atoms with van der Waals surface area (Å²) in [6.07, 6.45) is 6.79. The highest BCUT2D eigenvalue weighted by atomic mass is 32.2. The van der Waals surface area contributed by atoms with Crippen LogP contribution in [-0.4, -0.2) is 14.7 Å². The Labute approximate surface area is 146 Å². The van der Waals surface area contributed by atoms with Crippen molar-refractivity contribution in [3.8, 4) is 0 Å². The summed E-state index contributed by atoms with van der Waals surface area (Å²) in [6, 6.07) is 15.5. The second kappa shape index (κ2) is 6.99. The molecule has 0 saturated heterocycles. The number of nitrogens with zero attached hydrogens (tertiary/aromatic N) is 2. The minimum atomic E-state index is 0.0678. The lowest BCUT2D eigenvalue weighted by atomic mass is 10.1. The molecule has 3 nitrogen and oxygen atoms in total. The van der Waals surface area contributed by atoms with Gasteiger partial charge in [-0.15, -0.1) is 0 Å². The van der Waals surface area contributed by atoms with Gasteiger partial charge in [0.1, 0.15) is 0 Å². The number of imidazole rings is 1. The molecule has 0 radical (unpaired) electrons. The van der Waals surface area contributed by atoms with Crippen molar-refractivity contribution in [2.45, 2.75) is 49.2 Å². The standard InChI is InChI=1S/C20H22N2OS/c23-13-18-12-21-20(22(18)17-9-2-3-10-17)24-14-16-8-5-7-15-6-1-4-11-19(15)16/h1,4-8,11-12,17,23H,2-3,9-10,13-14H2. The molecule has 0 bridgehead atoms. The summed E-state index contributed by atoms with van der Waals surface area (Å²) in [6.45, 7) is 0.0678. The van der Waals surface area contributed by atoms with E-state index < -0.39 is 0 Å². The van der Waals surface area contributed by atoms with Crippen molar-refractivity contribution in [3.63, 3.8) is 0 Å². The van der Waals surface area contributed by atoms with E-state index in [1.165, 1.54) is 42.0 Å². The molecule has 0 spiro atoms. The Bertz CT molecular complexity index is 831. The predicted molar refractivity (Wildman–Crippen MR) is 99.2 cm³/mol. The van der Waals surface area contributed by atoms with Gasteiger partial charge in [-0.25, -0.2) is 4.98 Å². The van der Waals surface area contributed by atoms with Crippen LogP contribution in [0.1, 0.15) is 43.0 Å². The lowest BCUT2D eigenvalue weighted by Gasteiger charge is -2.17. The van der Waals surface area contributed by atoms with Gasteiger partial charge in [-0.1, -0.05) is 67.1 Å². The SMILES string of the molecule is OCc1cnc(SCc2cccc3ccccc23)n1C1CCCC1. The van der Waals surface area contributed by atoms with Gasteiger partial charge in [-0.3, -0.25) is 0 Å². The Balaban J connectivity index is 1.60. The summed E-state index contributed by atoms with van der Waals surface area (Å²) in [5, 5.41) is 13.3. The number of rotatable bonds is 5. The Morgan fingerprint density at radius 1 is 1.08 bits per heavy atom. The van der Waals surface area contributed by atoms with Gasteiger partial charge < -0.3 is 9.67 Å². The Hall–Kier alpha value is -1.78. The molecule has 3 aromatic rings. The van der Waals surface area contributed by atoms with E-state index in [1.807, 2.05) is 6.20 Å². The molecule has 1 aromatic heterocycles. The molecular weight excluding hydrogens is 316 g/mol. The van der Waals surface area contributed by atoms with Crippen LogP contribution in [0.25, 0.3) is 10.8 Å². The zero-order valence-electron chi connectivity index (χ0n) is 13.7. The van der Waals surface area contributed by atoms with Crippen molar-refractivity contribution in [2.24, 2.45) is 0 Å². The third-order valence-electron chi connectivity index (χ3n) is 4.93. The second-order valence-corrected chi connectivity index (χ2v) is 7.37. The number of aliphatic hydroxyl groups is 1. The molecule has 0 unspecified atom stereocenters. The van der Waals surface area contributed by atoms with Gasteiger partial charge in [0.15, 0.2) is 5.16 Å². The van der Waals surface area contributed by atoms with Crippen LogP contribution in [0.4, 0.5) is 0 Å². The summed E-state index contributed by atoms with van der Waals surface area (Å²) < 4.78 is 2.28. The van der Waals surface area contributed by atoms with Crippen molar-refractivity contribution in [2.75, 3.05) is 0 Å². The number of hydrogen-bond donors (Lipinski definition) is 1. The van der Waals surface area contributed by atoms with E-state index >= 15 is 0 Å². The molecule has 4 rings (SSSR count). The minimum absolute atomic E-state index is 0.0678. The van der Waals surface area contributed by atoms with Crippen molar-refractivity contribution >= 4 is 22.5 Å². The van der Waals surface area contributed by atoms with Crippen LogP contribution < -0.4 is 0 Å². The van der Waals surface area contributed by atoms with E-state index in [0.29, 0.717) is 6.04 Å². The number of hydrogen-bond acceptors (Lipinski definition) is 3. The lowest BCUT2D eigenvalue weighted by molar-refractivity contribution is 0.263. The highest BCUT2D eigenvalue weighted by Gasteiger charge is 2.22. The van der Waals surface area contributed by atoms with E-state index in [-0.39, 0.29) is 6.61 Å². The summed E-state index contributed by atoms with van der Waals surface area (Å²) in [4.78, 5) is 4.59. The van der Waals surface area contributed by atoms with Crippen LogP contribution in [0, 0.1) is 0 Å². The van der Waals surface area contributed by atoms with E-state index in [4.69, 9.17) is 0 Å². The first-order valence-corrected chi connectivity index (χ1v) is 9.62. The zero-order valence-corrected chi connectivity index (χ0v) is 14.5. The molecule has 0 atom stereocenters. The second-order valence-electron chi connectivity index (χ2n) is 6.43. The molecule has 124 valence electrons. The minimum Gasteiger partial charge on any atom is -0.390 e. The van der Waals surface area contributed by atoms with Gasteiger partial charge in [0.2, 0.25) is 0 Å². The average molecular weight is 338 g/mol. The molecule has 1 aliphatic rings. The smallest absolute Gasteiger partial charge is 0.168 e. The fourth-order valence-electron chi connectivity index (χ4n) is 3.71. The molecular formula is C20H22N2OS. The van der Waals surface area contributed by atoms with Crippen LogP contribution in [0.3, 0.4) is 0 Å². The number of aliphatic hydroxyl groups excluding tert-OH is 1. The molecule has 0 aliphatic heterocycles. The number of benzene rings is 2. The van der Waals surface area contributed by atoms with Gasteiger partial charge in [-0.2, -0.15) is 0 Å². The van der Waals surface area contributed by atoms with E-state index in [0.717, 1.165) is 16.6 Å². The molecule has 1 fully saturated rings. The van der Waals surface area contributed by atoms with E-state index in [2.05, 4.69) is 52.0 Å². The monoisotopic (exact) mass is 338 g/mol. The van der Waals surface area contributed by atoms with E-state index in [9.17, 15) is 5.11 Å². The molecule has 4 heteroatoms. The van der Waals surface area contributed by atoms with Gasteiger partial charge in [0.05, 0.1) is 18.5 Å². The fourth-order valence-corrected chi connectivity index (χ4v) is 4.78. The maximum absolute atomic E-state index is 9.65. The molecule has 1 N–H and O–H groups in total. The van der Waals surface area contributed by atoms with Crippen LogP contribution in [0.5, 0.6) is 0 Å². The summed E-state index contributed by atoms with van der Waals surface area (Å²) in [7, 11) is 0. The molecule has 1 saturated carbocycles. The summed E-state index contributed by atoms with van der Waals surface area (Å²) in [5.41, 5.74) is 2.28. The summed E-state index contributed by atoms with van der Waals surface area (Å²) >= 11 is 1.78. The first-order valence-electron chi connectivity index (χ1n) is 8.63. The van der Waals surface area contributed by atoms with Gasteiger partial charge >= 0.3 is 0 Å². The maximum atomic E-state index is 9.65. The van der Waals surface area contributed by atoms with Crippen molar-refractivity contribution in [1.29, 1.82) is 0 Å². The Morgan fingerprint density at radius 2 is 1.88 bits per heavy atom. The topological polar surface area (TPSA) is 38.1 Å². The quantitative estimate of drug-likeness (QED) is 0.670. The van der Waals surface area contributed by atoms with Gasteiger partial charge in [-0.05, 0) is 29.2 Å². The Morgan fingerprint density at radius 3 is 2.71 bits per heavy atom. The number of thioether (sulfide) groups is 1. The molecule has 1 heterocycles. The molecule has 2 aromatic carbocycles. The van der Waals surface area contributed by atoms with Crippen molar-refractivity contribution in [1.82, 2.24) is 9.55 Å². The fraction of sp³-hybridized carbons (Fsp3) is 0.350. The Kier molecular flexibility index (Phi) is 4.58. The zero-order chi connectivity index (χ0) is 16.4. The normalized spacial score (nSPS) is 15.4. The maximum Gasteiger partial charge on any atom is 0.168 e. The van der Waals surface area contributed by atoms with Gasteiger partial charge in [0, 0.05) is 11.8 Å². The highest BCUT2D eigenvalue weighted by Crippen LogP contribution is 2.35. The lowest BCUT2D eigenvalue weighted by Crippen LogP contribution is -2.10. The third-order valence-corrected chi connectivity index (χ3v) is 5.94. The van der Waals surface area contributed by atoms with Crippen LogP contribution >= 0.6 is 11.8 Å². The van der Waals surface area contributed by atoms with Crippen LogP contribution in [0.2, 0.25) is 0 Å². The first-order chi connectivity index (χ1) is 11.9.